The number of allylic oxidation sites excluding steroid dienone is 8. The van der Waals surface area contributed by atoms with Gasteiger partial charge in [0.1, 0.15) is 0 Å². The molecule has 0 radical (unpaired) electrons. The molecule has 2 aliphatic rings. The molecule has 0 fully saturated rings. The third kappa shape index (κ3) is 3.30. The second-order valence-corrected chi connectivity index (χ2v) is 9.55. The molecule has 0 bridgehead atoms. The summed E-state index contributed by atoms with van der Waals surface area (Å²) in [6.07, 6.45) is 11.5. The molecule has 2 aliphatic carbocycles. The normalized spacial score (nSPS) is 22.2. The van der Waals surface area contributed by atoms with Crippen molar-refractivity contribution < 1.29 is 0 Å². The molecule has 2 aromatic heterocycles. The van der Waals surface area contributed by atoms with E-state index in [4.69, 9.17) is 0 Å². The first-order chi connectivity index (χ1) is 13.0. The fraction of sp³-hybridized carbons (Fsp3) is 0.240. The third-order valence-electron chi connectivity index (χ3n) is 5.36. The highest BCUT2D eigenvalue weighted by molar-refractivity contribution is 7.12. The Morgan fingerprint density at radius 1 is 1.07 bits per heavy atom. The van der Waals surface area contributed by atoms with Crippen molar-refractivity contribution in [3.05, 3.63) is 97.1 Å². The maximum Gasteiger partial charge on any atom is 0.0386 e. The van der Waals surface area contributed by atoms with Crippen molar-refractivity contribution in [2.75, 3.05) is 0 Å². The zero-order valence-corrected chi connectivity index (χ0v) is 17.9. The monoisotopic (exact) mass is 388 g/mol. The van der Waals surface area contributed by atoms with Crippen LogP contribution in [0.3, 0.4) is 0 Å². The molecule has 0 nitrogen and oxygen atoms in total. The lowest BCUT2D eigenvalue weighted by Crippen LogP contribution is -2.16. The third-order valence-corrected chi connectivity index (χ3v) is 7.08. The molecule has 27 heavy (non-hydrogen) atoms. The van der Waals surface area contributed by atoms with E-state index >= 15 is 0 Å². The highest BCUT2D eigenvalue weighted by atomic mass is 32.1. The molecule has 136 valence electrons. The van der Waals surface area contributed by atoms with Crippen LogP contribution in [0.25, 0.3) is 11.6 Å². The SMILES string of the molecule is CC1=C2C(=C=C(C(C)C)C=C1)C=CC2(C)/C(=C\c1cccs1)c1cccs1. The van der Waals surface area contributed by atoms with Gasteiger partial charge in [0, 0.05) is 20.7 Å². The van der Waals surface area contributed by atoms with Gasteiger partial charge in [0.25, 0.3) is 0 Å². The molecule has 0 saturated heterocycles. The Kier molecular flexibility index (Phi) is 4.82. The van der Waals surface area contributed by atoms with E-state index in [2.05, 4.69) is 98.8 Å². The van der Waals surface area contributed by atoms with Gasteiger partial charge in [0.05, 0.1) is 0 Å². The van der Waals surface area contributed by atoms with Crippen molar-refractivity contribution in [2.24, 2.45) is 11.3 Å². The Labute approximate surface area is 170 Å². The molecule has 4 rings (SSSR count). The van der Waals surface area contributed by atoms with Crippen molar-refractivity contribution >= 4 is 34.3 Å². The van der Waals surface area contributed by atoms with E-state index in [9.17, 15) is 0 Å². The summed E-state index contributed by atoms with van der Waals surface area (Å²) in [4.78, 5) is 2.63. The lowest BCUT2D eigenvalue weighted by molar-refractivity contribution is 0.717. The fourth-order valence-electron chi connectivity index (χ4n) is 3.90. The molecule has 0 saturated carbocycles. The molecule has 2 aromatic rings. The lowest BCUT2D eigenvalue weighted by atomic mass is 9.74. The van der Waals surface area contributed by atoms with Crippen molar-refractivity contribution in [2.45, 2.75) is 27.7 Å². The van der Waals surface area contributed by atoms with Crippen molar-refractivity contribution in [3.8, 4) is 0 Å². The summed E-state index contributed by atoms with van der Waals surface area (Å²) in [5, 5.41) is 4.31. The molecule has 0 spiro atoms. The minimum atomic E-state index is -0.155. The average Bonchev–Trinajstić information content (AvgIpc) is 3.36. The van der Waals surface area contributed by atoms with Crippen LogP contribution >= 0.6 is 22.7 Å². The van der Waals surface area contributed by atoms with E-state index in [1.165, 1.54) is 37.6 Å². The Morgan fingerprint density at radius 2 is 1.85 bits per heavy atom. The van der Waals surface area contributed by atoms with Crippen LogP contribution in [0.2, 0.25) is 0 Å². The molecule has 2 heterocycles. The van der Waals surface area contributed by atoms with Gasteiger partial charge in [0.2, 0.25) is 0 Å². The summed E-state index contributed by atoms with van der Waals surface area (Å²) < 4.78 is 0. The molecule has 0 aromatic carbocycles. The molecule has 1 atom stereocenters. The highest BCUT2D eigenvalue weighted by Gasteiger charge is 2.38. The first kappa shape index (κ1) is 18.3. The molecular weight excluding hydrogens is 364 g/mol. The summed E-state index contributed by atoms with van der Waals surface area (Å²) in [6.45, 7) is 9.06. The zero-order chi connectivity index (χ0) is 19.0. The fourth-order valence-corrected chi connectivity index (χ4v) is 5.42. The van der Waals surface area contributed by atoms with E-state index in [0.29, 0.717) is 5.92 Å². The molecule has 1 unspecified atom stereocenters. The minimum Gasteiger partial charge on any atom is -0.144 e. The van der Waals surface area contributed by atoms with Crippen molar-refractivity contribution in [1.29, 1.82) is 0 Å². The Bertz CT molecular complexity index is 1030. The summed E-state index contributed by atoms with van der Waals surface area (Å²) in [5.74, 6) is 0.472. The van der Waals surface area contributed by atoms with E-state index in [1.807, 2.05) is 11.3 Å². The highest BCUT2D eigenvalue weighted by Crippen LogP contribution is 2.53. The summed E-state index contributed by atoms with van der Waals surface area (Å²) >= 11 is 3.61. The van der Waals surface area contributed by atoms with Gasteiger partial charge in [-0.25, -0.2) is 0 Å². The van der Waals surface area contributed by atoms with E-state index < -0.39 is 0 Å². The lowest BCUT2D eigenvalue weighted by Gasteiger charge is -2.29. The topological polar surface area (TPSA) is 0 Å². The van der Waals surface area contributed by atoms with Crippen LogP contribution in [-0.2, 0) is 0 Å². The second kappa shape index (κ2) is 7.13. The Hall–Kier alpha value is -2.12. The van der Waals surface area contributed by atoms with Crippen LogP contribution in [0.5, 0.6) is 0 Å². The van der Waals surface area contributed by atoms with Gasteiger partial charge in [-0.2, -0.15) is 0 Å². The van der Waals surface area contributed by atoms with E-state index in [-0.39, 0.29) is 5.41 Å². The van der Waals surface area contributed by atoms with Gasteiger partial charge in [-0.05, 0) is 77.1 Å². The van der Waals surface area contributed by atoms with Gasteiger partial charge < -0.3 is 0 Å². The first-order valence-electron chi connectivity index (χ1n) is 9.38. The minimum absolute atomic E-state index is 0.155. The maximum atomic E-state index is 3.70. The zero-order valence-electron chi connectivity index (χ0n) is 16.2. The van der Waals surface area contributed by atoms with Crippen LogP contribution in [0.15, 0.2) is 87.4 Å². The maximum absolute atomic E-state index is 3.70. The molecule has 0 N–H and O–H groups in total. The van der Waals surface area contributed by atoms with Crippen LogP contribution < -0.4 is 0 Å². The van der Waals surface area contributed by atoms with E-state index in [0.717, 1.165) is 0 Å². The quantitative estimate of drug-likeness (QED) is 0.467. The van der Waals surface area contributed by atoms with Gasteiger partial charge in [-0.3, -0.25) is 0 Å². The standard InChI is InChI=1S/C25H24S2/c1-17(2)19-10-9-18(3)24-20(15-19)11-12-25(24,4)22(23-8-6-14-27-23)16-21-7-5-13-26-21/h5-14,16-17H,1-4H3/b22-16-. The van der Waals surface area contributed by atoms with Gasteiger partial charge in [-0.15, -0.1) is 28.4 Å². The van der Waals surface area contributed by atoms with Gasteiger partial charge in [0.15, 0.2) is 0 Å². The predicted octanol–water partition coefficient (Wildman–Crippen LogP) is 7.92. The van der Waals surface area contributed by atoms with Crippen LogP contribution in [0, 0.1) is 11.3 Å². The Balaban J connectivity index is 1.93. The Morgan fingerprint density at radius 3 is 2.52 bits per heavy atom. The number of hydrogen-bond donors (Lipinski definition) is 0. The second-order valence-electron chi connectivity index (χ2n) is 7.63. The molecular formula is C25H24S2. The van der Waals surface area contributed by atoms with Gasteiger partial charge >= 0.3 is 0 Å². The largest absolute Gasteiger partial charge is 0.144 e. The summed E-state index contributed by atoms with van der Waals surface area (Å²) in [7, 11) is 0. The first-order valence-corrected chi connectivity index (χ1v) is 11.1. The molecule has 2 heteroatoms. The number of rotatable bonds is 4. The number of thiophene rings is 2. The summed E-state index contributed by atoms with van der Waals surface area (Å²) in [6, 6.07) is 8.70. The van der Waals surface area contributed by atoms with E-state index in [1.54, 1.807) is 11.3 Å². The van der Waals surface area contributed by atoms with Gasteiger partial charge in [-0.1, -0.05) is 44.2 Å². The number of fused-ring (bicyclic) bond motifs is 1. The van der Waals surface area contributed by atoms with Crippen LogP contribution in [0.4, 0.5) is 0 Å². The molecule has 0 aliphatic heterocycles. The average molecular weight is 389 g/mol. The molecule has 0 amide bonds. The smallest absolute Gasteiger partial charge is 0.0386 e. The predicted molar refractivity (Wildman–Crippen MR) is 121 cm³/mol. The van der Waals surface area contributed by atoms with Crippen molar-refractivity contribution in [1.82, 2.24) is 0 Å². The summed E-state index contributed by atoms with van der Waals surface area (Å²) in [5.41, 5.74) is 10.1. The van der Waals surface area contributed by atoms with Crippen molar-refractivity contribution in [3.63, 3.8) is 0 Å². The van der Waals surface area contributed by atoms with Crippen LogP contribution in [0.1, 0.15) is 37.4 Å². The number of hydrogen-bond acceptors (Lipinski definition) is 2. The van der Waals surface area contributed by atoms with Crippen LogP contribution in [-0.4, -0.2) is 0 Å².